The Morgan fingerprint density at radius 2 is 1.26 bits per heavy atom. The smallest absolute Gasteiger partial charge is 0.310 e. The molecule has 2 nitrogen and oxygen atoms in total. The average Bonchev–Trinajstić information content (AvgIpc) is 2.39. The van der Waals surface area contributed by atoms with Crippen molar-refractivity contribution < 1.29 is 9.53 Å². The van der Waals surface area contributed by atoms with Gasteiger partial charge in [0.2, 0.25) is 0 Å². The zero-order chi connectivity index (χ0) is 13.1. The van der Waals surface area contributed by atoms with Gasteiger partial charge in [0, 0.05) is 12.8 Å². The van der Waals surface area contributed by atoms with Crippen LogP contribution in [0.4, 0.5) is 0 Å². The maximum absolute atomic E-state index is 11.3. The molecule has 0 radical (unpaired) electrons. The van der Waals surface area contributed by atoms with Crippen molar-refractivity contribution in [3.05, 3.63) is 71.8 Å². The van der Waals surface area contributed by atoms with Crippen molar-refractivity contribution in [1.82, 2.24) is 0 Å². The molecule has 0 spiro atoms. The van der Waals surface area contributed by atoms with Gasteiger partial charge in [-0.3, -0.25) is 4.79 Å². The zero-order valence-electron chi connectivity index (χ0n) is 10.7. The van der Waals surface area contributed by atoms with Crippen molar-refractivity contribution in [2.75, 3.05) is 0 Å². The summed E-state index contributed by atoms with van der Waals surface area (Å²) in [6, 6.07) is 20.4. The molecular formula is C17H16O2. The zero-order valence-corrected chi connectivity index (χ0v) is 10.7. The van der Waals surface area contributed by atoms with Gasteiger partial charge in [-0.05, 0) is 11.1 Å². The van der Waals surface area contributed by atoms with Crippen LogP contribution in [0.15, 0.2) is 60.7 Å². The molecule has 2 aromatic carbocycles. The minimum absolute atomic E-state index is 0.0909. The van der Waals surface area contributed by atoms with Gasteiger partial charge in [-0.2, -0.15) is 0 Å². The lowest BCUT2D eigenvalue weighted by Gasteiger charge is -2.41. The molecule has 0 N–H and O–H groups in total. The second-order valence-electron chi connectivity index (χ2n) is 5.16. The highest BCUT2D eigenvalue weighted by Crippen LogP contribution is 2.35. The van der Waals surface area contributed by atoms with E-state index in [0.29, 0.717) is 6.42 Å². The number of cyclic esters (lactones) is 1. The van der Waals surface area contributed by atoms with Gasteiger partial charge in [0.15, 0.2) is 0 Å². The predicted octanol–water partition coefficient (Wildman–Crippen LogP) is 3.16. The number of ether oxygens (including phenoxy) is 1. The number of hydrogen-bond donors (Lipinski definition) is 0. The lowest BCUT2D eigenvalue weighted by Crippen LogP contribution is -2.51. The number of hydrogen-bond acceptors (Lipinski definition) is 2. The Balaban J connectivity index is 1.78. The molecular weight excluding hydrogens is 236 g/mol. The van der Waals surface area contributed by atoms with E-state index in [-0.39, 0.29) is 11.6 Å². The summed E-state index contributed by atoms with van der Waals surface area (Å²) in [5, 5.41) is 0. The summed E-state index contributed by atoms with van der Waals surface area (Å²) in [6.07, 6.45) is 2.08. The van der Waals surface area contributed by atoms with E-state index in [1.807, 2.05) is 36.4 Å². The molecule has 2 heteroatoms. The fourth-order valence-corrected chi connectivity index (χ4v) is 2.69. The lowest BCUT2D eigenvalue weighted by molar-refractivity contribution is -0.191. The van der Waals surface area contributed by atoms with Gasteiger partial charge in [-0.15, -0.1) is 0 Å². The molecule has 0 saturated carbocycles. The Bertz CT molecular complexity index is 509. The van der Waals surface area contributed by atoms with Crippen LogP contribution in [0.5, 0.6) is 0 Å². The number of carbonyl (C=O) groups excluding carboxylic acids is 1. The minimum atomic E-state index is -0.347. The Kier molecular flexibility index (Phi) is 3.08. The van der Waals surface area contributed by atoms with Crippen LogP contribution in [0.3, 0.4) is 0 Å². The molecule has 1 heterocycles. The lowest BCUT2D eigenvalue weighted by atomic mass is 9.81. The van der Waals surface area contributed by atoms with E-state index < -0.39 is 0 Å². The Labute approximate surface area is 113 Å². The average molecular weight is 252 g/mol. The summed E-state index contributed by atoms with van der Waals surface area (Å²) < 4.78 is 5.50. The summed E-state index contributed by atoms with van der Waals surface area (Å²) in [4.78, 5) is 11.3. The first-order valence-corrected chi connectivity index (χ1v) is 6.56. The predicted molar refractivity (Wildman–Crippen MR) is 73.7 cm³/mol. The van der Waals surface area contributed by atoms with Crippen LogP contribution in [0, 0.1) is 0 Å². The van der Waals surface area contributed by atoms with Crippen LogP contribution in [0.25, 0.3) is 0 Å². The van der Waals surface area contributed by atoms with Crippen LogP contribution in [0.1, 0.15) is 17.5 Å². The Hall–Kier alpha value is -2.09. The van der Waals surface area contributed by atoms with Crippen molar-refractivity contribution in [1.29, 1.82) is 0 Å². The standard InChI is InChI=1S/C17H16O2/c18-16-13-17(19-16,11-14-7-3-1-4-8-14)12-15-9-5-2-6-10-15/h1-10H,11-13H2. The molecule has 0 aromatic heterocycles. The number of esters is 1. The van der Waals surface area contributed by atoms with Crippen LogP contribution in [-0.2, 0) is 22.4 Å². The van der Waals surface area contributed by atoms with E-state index in [9.17, 15) is 4.79 Å². The second-order valence-corrected chi connectivity index (χ2v) is 5.16. The third kappa shape index (κ3) is 2.68. The summed E-state index contributed by atoms with van der Waals surface area (Å²) in [7, 11) is 0. The van der Waals surface area contributed by atoms with Crippen LogP contribution >= 0.6 is 0 Å². The SMILES string of the molecule is O=C1CC(Cc2ccccc2)(Cc2ccccc2)O1. The third-order valence-corrected chi connectivity index (χ3v) is 3.54. The highest BCUT2D eigenvalue weighted by molar-refractivity contribution is 5.77. The van der Waals surface area contributed by atoms with Crippen LogP contribution < -0.4 is 0 Å². The van der Waals surface area contributed by atoms with E-state index in [1.165, 1.54) is 11.1 Å². The summed E-state index contributed by atoms with van der Waals surface area (Å²) in [5.41, 5.74) is 2.08. The summed E-state index contributed by atoms with van der Waals surface area (Å²) in [6.45, 7) is 0. The molecule has 0 bridgehead atoms. The van der Waals surface area contributed by atoms with Crippen molar-refractivity contribution in [2.24, 2.45) is 0 Å². The molecule has 1 aliphatic rings. The molecule has 0 aliphatic carbocycles. The third-order valence-electron chi connectivity index (χ3n) is 3.54. The van der Waals surface area contributed by atoms with E-state index in [2.05, 4.69) is 24.3 Å². The van der Waals surface area contributed by atoms with Crippen LogP contribution in [0.2, 0.25) is 0 Å². The number of rotatable bonds is 4. The molecule has 0 atom stereocenters. The van der Waals surface area contributed by atoms with E-state index in [0.717, 1.165) is 12.8 Å². The fraction of sp³-hybridized carbons (Fsp3) is 0.235. The van der Waals surface area contributed by atoms with E-state index >= 15 is 0 Å². The van der Waals surface area contributed by atoms with Crippen LogP contribution in [-0.4, -0.2) is 11.6 Å². The van der Waals surface area contributed by atoms with E-state index in [1.54, 1.807) is 0 Å². The van der Waals surface area contributed by atoms with Gasteiger partial charge in [-0.1, -0.05) is 60.7 Å². The molecule has 1 aliphatic heterocycles. The van der Waals surface area contributed by atoms with Gasteiger partial charge >= 0.3 is 5.97 Å². The first-order chi connectivity index (χ1) is 9.26. The Morgan fingerprint density at radius 3 is 1.63 bits per heavy atom. The number of carbonyl (C=O) groups is 1. The maximum Gasteiger partial charge on any atom is 0.310 e. The quantitative estimate of drug-likeness (QED) is 0.781. The maximum atomic E-state index is 11.3. The molecule has 0 unspecified atom stereocenters. The van der Waals surface area contributed by atoms with Crippen molar-refractivity contribution in [3.8, 4) is 0 Å². The molecule has 1 fully saturated rings. The topological polar surface area (TPSA) is 26.3 Å². The minimum Gasteiger partial charge on any atom is -0.458 e. The molecule has 1 saturated heterocycles. The second kappa shape index (κ2) is 4.88. The fourth-order valence-electron chi connectivity index (χ4n) is 2.69. The van der Waals surface area contributed by atoms with Gasteiger partial charge in [-0.25, -0.2) is 0 Å². The molecule has 0 amide bonds. The molecule has 19 heavy (non-hydrogen) atoms. The van der Waals surface area contributed by atoms with Gasteiger partial charge in [0.05, 0.1) is 6.42 Å². The monoisotopic (exact) mass is 252 g/mol. The number of benzene rings is 2. The molecule has 96 valence electrons. The summed E-state index contributed by atoms with van der Waals surface area (Å²) in [5.74, 6) is -0.0909. The van der Waals surface area contributed by atoms with Crippen molar-refractivity contribution in [3.63, 3.8) is 0 Å². The summed E-state index contributed by atoms with van der Waals surface area (Å²) >= 11 is 0. The largest absolute Gasteiger partial charge is 0.458 e. The van der Waals surface area contributed by atoms with E-state index in [4.69, 9.17) is 4.74 Å². The molecule has 2 aromatic rings. The van der Waals surface area contributed by atoms with Gasteiger partial charge < -0.3 is 4.74 Å². The van der Waals surface area contributed by atoms with Gasteiger partial charge in [0.1, 0.15) is 5.60 Å². The normalized spacial score (nSPS) is 16.5. The van der Waals surface area contributed by atoms with Crippen molar-refractivity contribution >= 4 is 5.97 Å². The highest BCUT2D eigenvalue weighted by Gasteiger charge is 2.45. The first kappa shape index (κ1) is 12.0. The van der Waals surface area contributed by atoms with Gasteiger partial charge in [0.25, 0.3) is 0 Å². The first-order valence-electron chi connectivity index (χ1n) is 6.56. The van der Waals surface area contributed by atoms with Crippen molar-refractivity contribution in [2.45, 2.75) is 24.9 Å². The molecule has 3 rings (SSSR count). The Morgan fingerprint density at radius 1 is 0.842 bits per heavy atom. The highest BCUT2D eigenvalue weighted by atomic mass is 16.6.